The van der Waals surface area contributed by atoms with Gasteiger partial charge in [0, 0.05) is 11.4 Å². The molecule has 0 unspecified atom stereocenters. The number of rotatable bonds is 6. The van der Waals surface area contributed by atoms with Crippen LogP contribution in [0.5, 0.6) is 0 Å². The monoisotopic (exact) mass is 526 g/mol. The fourth-order valence-electron chi connectivity index (χ4n) is 4.80. The second kappa shape index (κ2) is 9.42. The van der Waals surface area contributed by atoms with Gasteiger partial charge in [0.15, 0.2) is 15.6 Å². The topological polar surface area (TPSA) is 97.5 Å². The first-order valence-corrected chi connectivity index (χ1v) is 13.6. The van der Waals surface area contributed by atoms with E-state index in [1.54, 1.807) is 24.3 Å². The van der Waals surface area contributed by atoms with Gasteiger partial charge in [-0.05, 0) is 53.6 Å². The zero-order valence-electron chi connectivity index (χ0n) is 19.2. The van der Waals surface area contributed by atoms with Crippen LogP contribution in [0.4, 0.5) is 10.1 Å². The standard InChI is InChI=1S/C27H24ClFN2O4S/c28-19-8-6-16(7-9-19)14-31-24-12-21(22(29)13-26(24)36(34,35)15-23(30)27(31)33)25(32)11-18-10-20(18)17-4-2-1-3-5-17/h1-9,12-13,18,20,23H,10-11,14-15,30H2/t18-,20-,23+/m1/s1. The molecule has 1 heterocycles. The molecule has 3 aromatic carbocycles. The molecule has 6 nitrogen and oxygen atoms in total. The van der Waals surface area contributed by atoms with E-state index in [4.69, 9.17) is 17.3 Å². The van der Waals surface area contributed by atoms with Gasteiger partial charge < -0.3 is 10.6 Å². The number of nitrogens with two attached hydrogens (primary N) is 1. The Morgan fingerprint density at radius 3 is 2.47 bits per heavy atom. The number of halogens is 2. The molecule has 1 aliphatic heterocycles. The van der Waals surface area contributed by atoms with Crippen molar-refractivity contribution in [1.29, 1.82) is 0 Å². The number of Topliss-reactive ketones (excluding diaryl/α,β-unsaturated/α-hetero) is 1. The van der Waals surface area contributed by atoms with Crippen LogP contribution in [-0.4, -0.2) is 31.9 Å². The number of carbonyl (C=O) groups is 2. The van der Waals surface area contributed by atoms with Gasteiger partial charge in [0.05, 0.1) is 34.5 Å². The summed E-state index contributed by atoms with van der Waals surface area (Å²) in [6, 6.07) is 17.2. The summed E-state index contributed by atoms with van der Waals surface area (Å²) in [6.45, 7) is -0.00973. The van der Waals surface area contributed by atoms with E-state index in [0.717, 1.165) is 18.1 Å². The predicted molar refractivity (Wildman–Crippen MR) is 135 cm³/mol. The number of carbonyl (C=O) groups excluding carboxylic acids is 2. The highest BCUT2D eigenvalue weighted by molar-refractivity contribution is 7.91. The van der Waals surface area contributed by atoms with E-state index in [9.17, 15) is 18.0 Å². The Balaban J connectivity index is 1.50. The second-order valence-electron chi connectivity index (χ2n) is 9.38. The average Bonchev–Trinajstić information content (AvgIpc) is 3.62. The molecule has 1 saturated carbocycles. The van der Waals surface area contributed by atoms with Gasteiger partial charge in [-0.25, -0.2) is 12.8 Å². The van der Waals surface area contributed by atoms with Crippen LogP contribution in [0.1, 0.15) is 40.2 Å². The third-order valence-electron chi connectivity index (χ3n) is 6.81. The molecule has 2 aliphatic rings. The first-order valence-electron chi connectivity index (χ1n) is 11.6. The van der Waals surface area contributed by atoms with Gasteiger partial charge in [0.2, 0.25) is 5.91 Å². The maximum atomic E-state index is 15.2. The Kier molecular flexibility index (Phi) is 6.44. The molecule has 1 amide bonds. The number of amides is 1. The minimum atomic E-state index is -4.07. The van der Waals surface area contributed by atoms with Crippen molar-refractivity contribution in [2.75, 3.05) is 10.7 Å². The Morgan fingerprint density at radius 1 is 1.08 bits per heavy atom. The van der Waals surface area contributed by atoms with Crippen molar-refractivity contribution in [2.45, 2.75) is 36.2 Å². The Labute approximate surface area is 213 Å². The Morgan fingerprint density at radius 2 is 1.78 bits per heavy atom. The molecule has 0 bridgehead atoms. The number of anilines is 1. The number of benzene rings is 3. The number of fused-ring (bicyclic) bond motifs is 1. The minimum Gasteiger partial charge on any atom is -0.319 e. The molecule has 0 saturated heterocycles. The smallest absolute Gasteiger partial charge is 0.245 e. The first kappa shape index (κ1) is 24.6. The van der Waals surface area contributed by atoms with Crippen molar-refractivity contribution in [1.82, 2.24) is 0 Å². The van der Waals surface area contributed by atoms with Crippen molar-refractivity contribution >= 4 is 38.8 Å². The van der Waals surface area contributed by atoms with E-state index < -0.39 is 39.1 Å². The fraction of sp³-hybridized carbons (Fsp3) is 0.259. The maximum absolute atomic E-state index is 15.2. The molecule has 0 spiro atoms. The van der Waals surface area contributed by atoms with Crippen LogP contribution in [-0.2, 0) is 21.2 Å². The molecule has 0 aromatic heterocycles. The lowest BCUT2D eigenvalue weighted by atomic mass is 10.0. The van der Waals surface area contributed by atoms with Gasteiger partial charge in [0.1, 0.15) is 5.82 Å². The second-order valence-corrected chi connectivity index (χ2v) is 11.8. The molecule has 5 rings (SSSR count). The summed E-state index contributed by atoms with van der Waals surface area (Å²) in [5, 5.41) is 0.504. The predicted octanol–water partition coefficient (Wildman–Crippen LogP) is 4.50. The summed E-state index contributed by atoms with van der Waals surface area (Å²) in [5.41, 5.74) is 7.47. The SMILES string of the molecule is N[C@H]1CS(=O)(=O)c2cc(F)c(C(=O)C[C@H]3C[C@@H]3c3ccccc3)cc2N(Cc2ccc(Cl)cc2)C1=O. The van der Waals surface area contributed by atoms with Crippen molar-refractivity contribution in [3.05, 3.63) is 94.3 Å². The van der Waals surface area contributed by atoms with Crippen molar-refractivity contribution in [2.24, 2.45) is 11.7 Å². The molecule has 3 aromatic rings. The zero-order valence-corrected chi connectivity index (χ0v) is 20.8. The van der Waals surface area contributed by atoms with E-state index in [0.29, 0.717) is 10.6 Å². The Hall–Kier alpha value is -3.07. The highest BCUT2D eigenvalue weighted by Gasteiger charge is 2.41. The van der Waals surface area contributed by atoms with Gasteiger partial charge in [-0.1, -0.05) is 54.1 Å². The highest BCUT2D eigenvalue weighted by Crippen LogP contribution is 2.50. The highest BCUT2D eigenvalue weighted by atomic mass is 35.5. The third-order valence-corrected chi connectivity index (χ3v) is 8.86. The summed E-state index contributed by atoms with van der Waals surface area (Å²) in [7, 11) is -4.07. The third kappa shape index (κ3) is 4.81. The van der Waals surface area contributed by atoms with Crippen molar-refractivity contribution in [3.63, 3.8) is 0 Å². The molecule has 1 fully saturated rings. The largest absolute Gasteiger partial charge is 0.319 e. The quantitative estimate of drug-likeness (QED) is 0.477. The van der Waals surface area contributed by atoms with Crippen LogP contribution < -0.4 is 10.6 Å². The summed E-state index contributed by atoms with van der Waals surface area (Å²) >= 11 is 5.96. The molecule has 9 heteroatoms. The molecular formula is C27H24ClFN2O4S. The molecule has 2 N–H and O–H groups in total. The summed E-state index contributed by atoms with van der Waals surface area (Å²) < 4.78 is 41.1. The van der Waals surface area contributed by atoms with Gasteiger partial charge in [-0.15, -0.1) is 0 Å². The lowest BCUT2D eigenvalue weighted by Crippen LogP contribution is -2.45. The van der Waals surface area contributed by atoms with Crippen LogP contribution >= 0.6 is 11.6 Å². The van der Waals surface area contributed by atoms with E-state index in [2.05, 4.69) is 0 Å². The van der Waals surface area contributed by atoms with Gasteiger partial charge in [0.25, 0.3) is 0 Å². The Bertz CT molecular complexity index is 1440. The zero-order chi connectivity index (χ0) is 25.6. The molecule has 0 radical (unpaired) electrons. The van der Waals surface area contributed by atoms with E-state index in [-0.39, 0.29) is 40.9 Å². The molecule has 186 valence electrons. The van der Waals surface area contributed by atoms with Crippen LogP contribution in [0.25, 0.3) is 0 Å². The molecular weight excluding hydrogens is 503 g/mol. The molecule has 3 atom stereocenters. The molecule has 1 aliphatic carbocycles. The lowest BCUT2D eigenvalue weighted by Gasteiger charge is -2.25. The lowest BCUT2D eigenvalue weighted by molar-refractivity contribution is -0.119. The number of nitrogens with zero attached hydrogens (tertiary/aromatic N) is 1. The first-order chi connectivity index (χ1) is 17.1. The average molecular weight is 527 g/mol. The summed E-state index contributed by atoms with van der Waals surface area (Å²) in [5.74, 6) is -2.30. The fourth-order valence-corrected chi connectivity index (χ4v) is 6.49. The van der Waals surface area contributed by atoms with Gasteiger partial charge in [-0.2, -0.15) is 0 Å². The number of hydrogen-bond donors (Lipinski definition) is 1. The normalized spacial score (nSPS) is 22.6. The minimum absolute atomic E-state index is 0.00973. The maximum Gasteiger partial charge on any atom is 0.245 e. The van der Waals surface area contributed by atoms with Crippen LogP contribution in [0.2, 0.25) is 5.02 Å². The van der Waals surface area contributed by atoms with Crippen LogP contribution in [0.3, 0.4) is 0 Å². The van der Waals surface area contributed by atoms with E-state index >= 15 is 4.39 Å². The van der Waals surface area contributed by atoms with Crippen molar-refractivity contribution in [3.8, 4) is 0 Å². The van der Waals surface area contributed by atoms with E-state index in [1.165, 1.54) is 11.0 Å². The van der Waals surface area contributed by atoms with Crippen LogP contribution in [0.15, 0.2) is 71.6 Å². The number of ketones is 1. The number of sulfone groups is 1. The number of hydrogen-bond acceptors (Lipinski definition) is 5. The van der Waals surface area contributed by atoms with E-state index in [1.807, 2.05) is 30.3 Å². The van der Waals surface area contributed by atoms with Gasteiger partial charge >= 0.3 is 0 Å². The summed E-state index contributed by atoms with van der Waals surface area (Å²) in [4.78, 5) is 27.2. The summed E-state index contributed by atoms with van der Waals surface area (Å²) in [6.07, 6.45) is 0.958. The molecule has 36 heavy (non-hydrogen) atoms. The van der Waals surface area contributed by atoms with Gasteiger partial charge in [-0.3, -0.25) is 9.59 Å². The van der Waals surface area contributed by atoms with Crippen LogP contribution in [0, 0.1) is 11.7 Å². The van der Waals surface area contributed by atoms with Crippen molar-refractivity contribution < 1.29 is 22.4 Å².